The van der Waals surface area contributed by atoms with Gasteiger partial charge in [-0.05, 0) is 13.0 Å². The van der Waals surface area contributed by atoms with Crippen LogP contribution in [0.25, 0.3) is 17.2 Å². The molecule has 3 rings (SSSR count). The molecule has 0 fully saturated rings. The van der Waals surface area contributed by atoms with Crippen LogP contribution in [0, 0.1) is 6.92 Å². The summed E-state index contributed by atoms with van der Waals surface area (Å²) >= 11 is 6.10. The summed E-state index contributed by atoms with van der Waals surface area (Å²) in [7, 11) is 1.30. The lowest BCUT2D eigenvalue weighted by molar-refractivity contribution is 0.0600. The van der Waals surface area contributed by atoms with Crippen LogP contribution in [-0.4, -0.2) is 32.7 Å². The molecule has 0 N–H and O–H groups in total. The van der Waals surface area contributed by atoms with Gasteiger partial charge in [-0.15, -0.1) is 10.2 Å². The summed E-state index contributed by atoms with van der Waals surface area (Å²) in [6.07, 6.45) is 2.86. The summed E-state index contributed by atoms with van der Waals surface area (Å²) in [6, 6.07) is 1.48. The third-order valence-electron chi connectivity index (χ3n) is 2.83. The largest absolute Gasteiger partial charge is 0.465 e. The highest BCUT2D eigenvalue weighted by molar-refractivity contribution is 6.33. The van der Waals surface area contributed by atoms with Gasteiger partial charge in [-0.2, -0.15) is 0 Å². The number of fused-ring (bicyclic) bond motifs is 1. The number of aryl methyl sites for hydroxylation is 1. The van der Waals surface area contributed by atoms with E-state index in [4.69, 9.17) is 16.0 Å². The summed E-state index contributed by atoms with van der Waals surface area (Å²) in [5.41, 5.74) is 1.38. The van der Waals surface area contributed by atoms with Gasteiger partial charge in [0.05, 0.1) is 23.4 Å². The minimum absolute atomic E-state index is 0.295. The zero-order valence-corrected chi connectivity index (χ0v) is 11.4. The molecule has 0 aliphatic rings. The van der Waals surface area contributed by atoms with Gasteiger partial charge in [-0.3, -0.25) is 4.40 Å². The lowest BCUT2D eigenvalue weighted by Crippen LogP contribution is -2.04. The van der Waals surface area contributed by atoms with Crippen LogP contribution in [0.1, 0.15) is 16.1 Å². The Morgan fingerprint density at radius 1 is 1.45 bits per heavy atom. The third kappa shape index (κ3) is 1.83. The summed E-state index contributed by atoms with van der Waals surface area (Å²) in [5.74, 6) is 0.390. The summed E-state index contributed by atoms with van der Waals surface area (Å²) in [4.78, 5) is 15.6. The van der Waals surface area contributed by atoms with Crippen LogP contribution in [-0.2, 0) is 4.74 Å². The van der Waals surface area contributed by atoms with E-state index in [1.165, 1.54) is 19.6 Å². The standard InChI is InChI=1S/C12H9ClN4O3/c1-6-9(20-5-14-6)11-16-15-10-8(13)3-7(4-17(10)11)12(18)19-2/h3-5H,1-2H3. The average Bonchev–Trinajstić information content (AvgIpc) is 3.03. The second-order valence-corrected chi connectivity index (χ2v) is 4.46. The molecule has 0 aliphatic heterocycles. The van der Waals surface area contributed by atoms with Crippen LogP contribution in [0.2, 0.25) is 5.02 Å². The average molecular weight is 293 g/mol. The highest BCUT2D eigenvalue weighted by Crippen LogP contribution is 2.25. The van der Waals surface area contributed by atoms with E-state index in [9.17, 15) is 4.79 Å². The molecule has 0 aromatic carbocycles. The van der Waals surface area contributed by atoms with E-state index < -0.39 is 5.97 Å². The molecule has 0 radical (unpaired) electrons. The van der Waals surface area contributed by atoms with Gasteiger partial charge in [0.15, 0.2) is 17.8 Å². The topological polar surface area (TPSA) is 82.5 Å². The molecule has 3 aromatic rings. The Labute approximate surface area is 118 Å². The van der Waals surface area contributed by atoms with E-state index in [0.717, 1.165) is 0 Å². The lowest BCUT2D eigenvalue weighted by atomic mass is 10.3. The smallest absolute Gasteiger partial charge is 0.339 e. The molecular formula is C12H9ClN4O3. The van der Waals surface area contributed by atoms with Gasteiger partial charge in [0.25, 0.3) is 0 Å². The Morgan fingerprint density at radius 3 is 2.90 bits per heavy atom. The van der Waals surface area contributed by atoms with E-state index in [1.807, 2.05) is 0 Å². The Morgan fingerprint density at radius 2 is 2.25 bits per heavy atom. The summed E-state index contributed by atoms with van der Waals surface area (Å²) in [5, 5.41) is 8.31. The van der Waals surface area contributed by atoms with Crippen molar-refractivity contribution in [3.05, 3.63) is 34.9 Å². The van der Waals surface area contributed by atoms with Crippen LogP contribution >= 0.6 is 11.6 Å². The van der Waals surface area contributed by atoms with Gasteiger partial charge < -0.3 is 9.15 Å². The first kappa shape index (κ1) is 12.6. The minimum atomic E-state index is -0.497. The number of oxazole rings is 1. The first-order valence-electron chi connectivity index (χ1n) is 5.65. The Hall–Kier alpha value is -2.41. The van der Waals surface area contributed by atoms with Crippen LogP contribution in [0.4, 0.5) is 0 Å². The number of rotatable bonds is 2. The van der Waals surface area contributed by atoms with Gasteiger partial charge >= 0.3 is 5.97 Å². The zero-order chi connectivity index (χ0) is 14.3. The summed E-state index contributed by atoms with van der Waals surface area (Å²) in [6.45, 7) is 1.78. The predicted molar refractivity (Wildman–Crippen MR) is 69.6 cm³/mol. The molecule has 20 heavy (non-hydrogen) atoms. The van der Waals surface area contributed by atoms with Crippen molar-refractivity contribution in [2.75, 3.05) is 7.11 Å². The van der Waals surface area contributed by atoms with Crippen LogP contribution in [0.15, 0.2) is 23.1 Å². The molecule has 8 heteroatoms. The highest BCUT2D eigenvalue weighted by atomic mass is 35.5. The van der Waals surface area contributed by atoms with Crippen molar-refractivity contribution >= 4 is 23.2 Å². The maximum absolute atomic E-state index is 11.6. The van der Waals surface area contributed by atoms with Gasteiger partial charge in [-0.1, -0.05) is 11.6 Å². The highest BCUT2D eigenvalue weighted by Gasteiger charge is 2.18. The molecular weight excluding hydrogens is 284 g/mol. The van der Waals surface area contributed by atoms with E-state index in [0.29, 0.717) is 33.5 Å². The third-order valence-corrected chi connectivity index (χ3v) is 3.11. The van der Waals surface area contributed by atoms with Crippen molar-refractivity contribution in [3.63, 3.8) is 0 Å². The van der Waals surface area contributed by atoms with E-state index in [1.54, 1.807) is 17.5 Å². The molecule has 102 valence electrons. The molecule has 0 unspecified atom stereocenters. The number of esters is 1. The monoisotopic (exact) mass is 292 g/mol. The van der Waals surface area contributed by atoms with Crippen LogP contribution < -0.4 is 0 Å². The fourth-order valence-electron chi connectivity index (χ4n) is 1.85. The molecule has 0 saturated heterocycles. The number of aromatic nitrogens is 4. The molecule has 0 amide bonds. The number of hydrogen-bond donors (Lipinski definition) is 0. The van der Waals surface area contributed by atoms with Gasteiger partial charge in [0, 0.05) is 6.20 Å². The fourth-order valence-corrected chi connectivity index (χ4v) is 2.10. The Kier molecular flexibility index (Phi) is 2.90. The van der Waals surface area contributed by atoms with Gasteiger partial charge in [0.1, 0.15) is 0 Å². The summed E-state index contributed by atoms with van der Waals surface area (Å²) < 4.78 is 11.5. The van der Waals surface area contributed by atoms with Crippen LogP contribution in [0.3, 0.4) is 0 Å². The number of ether oxygens (including phenoxy) is 1. The molecule has 0 saturated carbocycles. The van der Waals surface area contributed by atoms with Crippen molar-refractivity contribution < 1.29 is 13.9 Å². The Balaban J connectivity index is 2.28. The first-order chi connectivity index (χ1) is 9.61. The minimum Gasteiger partial charge on any atom is -0.465 e. The quantitative estimate of drug-likeness (QED) is 0.673. The van der Waals surface area contributed by atoms with E-state index in [2.05, 4.69) is 19.9 Å². The molecule has 7 nitrogen and oxygen atoms in total. The van der Waals surface area contributed by atoms with Gasteiger partial charge in [0.2, 0.25) is 5.82 Å². The maximum atomic E-state index is 11.6. The van der Waals surface area contributed by atoms with Crippen molar-refractivity contribution in [3.8, 4) is 11.6 Å². The maximum Gasteiger partial charge on any atom is 0.339 e. The van der Waals surface area contributed by atoms with Gasteiger partial charge in [-0.25, -0.2) is 9.78 Å². The van der Waals surface area contributed by atoms with Crippen molar-refractivity contribution in [2.45, 2.75) is 6.92 Å². The lowest BCUT2D eigenvalue weighted by Gasteiger charge is -2.03. The van der Waals surface area contributed by atoms with Crippen molar-refractivity contribution in [1.29, 1.82) is 0 Å². The number of carbonyl (C=O) groups is 1. The number of methoxy groups -OCH3 is 1. The molecule has 3 aromatic heterocycles. The van der Waals surface area contributed by atoms with Crippen molar-refractivity contribution in [2.24, 2.45) is 0 Å². The normalized spacial score (nSPS) is 10.9. The van der Waals surface area contributed by atoms with E-state index in [-0.39, 0.29) is 0 Å². The zero-order valence-electron chi connectivity index (χ0n) is 10.6. The number of halogens is 1. The predicted octanol–water partition coefficient (Wildman–Crippen LogP) is 2.13. The molecule has 0 bridgehead atoms. The van der Waals surface area contributed by atoms with Crippen molar-refractivity contribution in [1.82, 2.24) is 19.6 Å². The second-order valence-electron chi connectivity index (χ2n) is 4.05. The molecule has 0 spiro atoms. The number of carbonyl (C=O) groups excluding carboxylic acids is 1. The fraction of sp³-hybridized carbons (Fsp3) is 0.167. The number of nitrogens with zero attached hydrogens (tertiary/aromatic N) is 4. The first-order valence-corrected chi connectivity index (χ1v) is 6.02. The number of hydrogen-bond acceptors (Lipinski definition) is 6. The molecule has 3 heterocycles. The van der Waals surface area contributed by atoms with E-state index >= 15 is 0 Å². The Bertz CT molecular complexity index is 808. The molecule has 0 aliphatic carbocycles. The second kappa shape index (κ2) is 4.61. The van der Waals surface area contributed by atoms with Crippen LogP contribution in [0.5, 0.6) is 0 Å². The molecule has 0 atom stereocenters. The number of pyridine rings is 1. The SMILES string of the molecule is COC(=O)c1cc(Cl)c2nnc(-c3ocnc3C)n2c1.